The topological polar surface area (TPSA) is 20.3 Å². The molecule has 19 heavy (non-hydrogen) atoms. The number of aldehydes is 1. The molecule has 2 nitrogen and oxygen atoms in total. The predicted molar refractivity (Wildman–Crippen MR) is 79.3 cm³/mol. The zero-order valence-corrected chi connectivity index (χ0v) is 12.3. The average Bonchev–Trinajstić information content (AvgIpc) is 2.44. The van der Waals surface area contributed by atoms with E-state index in [9.17, 15) is 4.79 Å². The van der Waals surface area contributed by atoms with Crippen LogP contribution in [0.2, 0.25) is 0 Å². The third-order valence-electron chi connectivity index (χ3n) is 4.47. The van der Waals surface area contributed by atoms with Crippen molar-refractivity contribution in [3.63, 3.8) is 0 Å². The quantitative estimate of drug-likeness (QED) is 0.774. The number of likely N-dealkylation sites (tertiary alicyclic amines) is 1. The molecule has 0 aromatic heterocycles. The summed E-state index contributed by atoms with van der Waals surface area (Å²) in [6.45, 7) is 8.58. The van der Waals surface area contributed by atoms with Crippen LogP contribution in [0.1, 0.15) is 39.2 Å². The van der Waals surface area contributed by atoms with Crippen molar-refractivity contribution in [2.75, 3.05) is 13.1 Å². The summed E-state index contributed by atoms with van der Waals surface area (Å²) >= 11 is 0. The maximum atomic E-state index is 11.7. The second kappa shape index (κ2) is 5.87. The molecule has 2 heteroatoms. The highest BCUT2D eigenvalue weighted by Gasteiger charge is 2.32. The second-order valence-corrected chi connectivity index (χ2v) is 6.36. The van der Waals surface area contributed by atoms with Gasteiger partial charge in [0.15, 0.2) is 0 Å². The van der Waals surface area contributed by atoms with Gasteiger partial charge < -0.3 is 4.79 Å². The SMILES string of the molecule is CC1CCC(C)N(CC(C)(C=O)c2ccccc2)C1. The number of nitrogens with zero attached hydrogens (tertiary/aromatic N) is 1. The first-order valence-electron chi connectivity index (χ1n) is 7.31. The van der Waals surface area contributed by atoms with Crippen LogP contribution in [0, 0.1) is 5.92 Å². The van der Waals surface area contributed by atoms with E-state index in [4.69, 9.17) is 0 Å². The lowest BCUT2D eigenvalue weighted by atomic mass is 9.82. The lowest BCUT2D eigenvalue weighted by molar-refractivity contribution is -0.113. The molecule has 0 spiro atoms. The van der Waals surface area contributed by atoms with Crippen LogP contribution in [0.4, 0.5) is 0 Å². The van der Waals surface area contributed by atoms with Crippen molar-refractivity contribution in [3.05, 3.63) is 35.9 Å². The minimum absolute atomic E-state index is 0.396. The molecular weight excluding hydrogens is 234 g/mol. The normalized spacial score (nSPS) is 27.7. The van der Waals surface area contributed by atoms with Crippen LogP contribution in [-0.4, -0.2) is 30.3 Å². The largest absolute Gasteiger partial charge is 0.302 e. The van der Waals surface area contributed by atoms with Crippen molar-refractivity contribution in [2.45, 2.75) is 45.1 Å². The monoisotopic (exact) mass is 259 g/mol. The van der Waals surface area contributed by atoms with E-state index in [2.05, 4.69) is 37.8 Å². The van der Waals surface area contributed by atoms with E-state index >= 15 is 0 Å². The molecule has 1 fully saturated rings. The molecule has 104 valence electrons. The Labute approximate surface area is 116 Å². The van der Waals surface area contributed by atoms with Crippen molar-refractivity contribution < 1.29 is 4.79 Å². The molecule has 2 rings (SSSR count). The first-order chi connectivity index (χ1) is 9.05. The molecule has 1 aliphatic rings. The third kappa shape index (κ3) is 3.24. The van der Waals surface area contributed by atoms with Crippen molar-refractivity contribution in [2.24, 2.45) is 5.92 Å². The number of hydrogen-bond donors (Lipinski definition) is 0. The summed E-state index contributed by atoms with van der Waals surface area (Å²) in [5.74, 6) is 0.739. The fourth-order valence-corrected chi connectivity index (χ4v) is 3.04. The molecule has 1 aromatic rings. The fourth-order valence-electron chi connectivity index (χ4n) is 3.04. The number of benzene rings is 1. The van der Waals surface area contributed by atoms with E-state index in [1.54, 1.807) is 0 Å². The van der Waals surface area contributed by atoms with Gasteiger partial charge in [0, 0.05) is 19.1 Å². The van der Waals surface area contributed by atoms with Crippen LogP contribution in [0.3, 0.4) is 0 Å². The van der Waals surface area contributed by atoms with E-state index in [-0.39, 0.29) is 0 Å². The van der Waals surface area contributed by atoms with Gasteiger partial charge in [-0.2, -0.15) is 0 Å². The van der Waals surface area contributed by atoms with Gasteiger partial charge in [-0.3, -0.25) is 4.90 Å². The number of rotatable bonds is 4. The zero-order valence-electron chi connectivity index (χ0n) is 12.3. The molecule has 1 saturated heterocycles. The summed E-state index contributed by atoms with van der Waals surface area (Å²) in [5, 5.41) is 0. The van der Waals surface area contributed by atoms with Gasteiger partial charge in [0.05, 0.1) is 5.41 Å². The summed E-state index contributed by atoms with van der Waals surface area (Å²) in [6.07, 6.45) is 3.67. The first kappa shape index (κ1) is 14.3. The minimum Gasteiger partial charge on any atom is -0.302 e. The standard InChI is InChI=1S/C17H25NO/c1-14-9-10-15(2)18(11-14)12-17(3,13-19)16-7-5-4-6-8-16/h4-8,13-15H,9-12H2,1-3H3. The molecular formula is C17H25NO. The lowest BCUT2D eigenvalue weighted by Gasteiger charge is -2.41. The fraction of sp³-hybridized carbons (Fsp3) is 0.588. The molecule has 1 heterocycles. The van der Waals surface area contributed by atoms with E-state index in [1.807, 2.05) is 18.2 Å². The van der Waals surface area contributed by atoms with Crippen LogP contribution in [0.25, 0.3) is 0 Å². The Morgan fingerprint density at radius 3 is 2.58 bits per heavy atom. The lowest BCUT2D eigenvalue weighted by Crippen LogP contribution is -2.48. The molecule has 3 atom stereocenters. The summed E-state index contributed by atoms with van der Waals surface area (Å²) in [7, 11) is 0. The summed E-state index contributed by atoms with van der Waals surface area (Å²) in [4.78, 5) is 14.1. The average molecular weight is 259 g/mol. The van der Waals surface area contributed by atoms with Crippen molar-refractivity contribution in [1.82, 2.24) is 4.90 Å². The molecule has 3 unspecified atom stereocenters. The van der Waals surface area contributed by atoms with E-state index in [1.165, 1.54) is 12.8 Å². The molecule has 0 aliphatic carbocycles. The number of carbonyl (C=O) groups excluding carboxylic acids is 1. The number of piperidine rings is 1. The van der Waals surface area contributed by atoms with E-state index in [0.717, 1.165) is 30.9 Å². The molecule has 1 aliphatic heterocycles. The summed E-state index contributed by atoms with van der Waals surface area (Å²) in [6, 6.07) is 10.7. The highest BCUT2D eigenvalue weighted by atomic mass is 16.1. The van der Waals surface area contributed by atoms with Crippen molar-refractivity contribution >= 4 is 6.29 Å². The van der Waals surface area contributed by atoms with Crippen LogP contribution in [-0.2, 0) is 10.2 Å². The Morgan fingerprint density at radius 2 is 1.95 bits per heavy atom. The Kier molecular flexibility index (Phi) is 4.41. The summed E-state index contributed by atoms with van der Waals surface area (Å²) < 4.78 is 0. The molecule has 1 aromatic carbocycles. The Balaban J connectivity index is 2.16. The molecule has 0 radical (unpaired) electrons. The predicted octanol–water partition coefficient (Wildman–Crippen LogP) is 3.26. The van der Waals surface area contributed by atoms with Crippen LogP contribution < -0.4 is 0 Å². The van der Waals surface area contributed by atoms with Gasteiger partial charge in [-0.05, 0) is 38.2 Å². The minimum atomic E-state index is -0.396. The Morgan fingerprint density at radius 1 is 1.26 bits per heavy atom. The van der Waals surface area contributed by atoms with E-state index in [0.29, 0.717) is 6.04 Å². The maximum absolute atomic E-state index is 11.7. The smallest absolute Gasteiger partial charge is 0.131 e. The van der Waals surface area contributed by atoms with Crippen LogP contribution in [0.15, 0.2) is 30.3 Å². The molecule has 0 bridgehead atoms. The van der Waals surface area contributed by atoms with Crippen LogP contribution in [0.5, 0.6) is 0 Å². The second-order valence-electron chi connectivity index (χ2n) is 6.36. The highest BCUT2D eigenvalue weighted by molar-refractivity contribution is 5.68. The van der Waals surface area contributed by atoms with Gasteiger partial charge in [-0.1, -0.05) is 37.3 Å². The van der Waals surface area contributed by atoms with Crippen molar-refractivity contribution in [1.29, 1.82) is 0 Å². The number of carbonyl (C=O) groups is 1. The first-order valence-corrected chi connectivity index (χ1v) is 7.31. The highest BCUT2D eigenvalue weighted by Crippen LogP contribution is 2.28. The Hall–Kier alpha value is -1.15. The number of hydrogen-bond acceptors (Lipinski definition) is 2. The van der Waals surface area contributed by atoms with E-state index < -0.39 is 5.41 Å². The van der Waals surface area contributed by atoms with Gasteiger partial charge in [0.2, 0.25) is 0 Å². The van der Waals surface area contributed by atoms with Crippen molar-refractivity contribution in [3.8, 4) is 0 Å². The van der Waals surface area contributed by atoms with Crippen LogP contribution >= 0.6 is 0 Å². The summed E-state index contributed by atoms with van der Waals surface area (Å²) in [5.41, 5.74) is 0.725. The van der Waals surface area contributed by atoms with Gasteiger partial charge in [-0.25, -0.2) is 0 Å². The zero-order chi connectivity index (χ0) is 13.9. The van der Waals surface area contributed by atoms with Gasteiger partial charge in [0.25, 0.3) is 0 Å². The maximum Gasteiger partial charge on any atom is 0.131 e. The Bertz CT molecular complexity index is 417. The molecule has 0 amide bonds. The third-order valence-corrected chi connectivity index (χ3v) is 4.47. The van der Waals surface area contributed by atoms with Gasteiger partial charge >= 0.3 is 0 Å². The van der Waals surface area contributed by atoms with Gasteiger partial charge in [0.1, 0.15) is 6.29 Å². The molecule has 0 saturated carbocycles. The van der Waals surface area contributed by atoms with Gasteiger partial charge in [-0.15, -0.1) is 0 Å². The molecule has 0 N–H and O–H groups in total.